The molecule has 84 valence electrons. The number of rotatable bonds is 4. The molecule has 0 spiro atoms. The molecule has 1 rings (SSSR count). The lowest BCUT2D eigenvalue weighted by atomic mass is 10.1. The Morgan fingerprint density at radius 3 is 2.64 bits per heavy atom. The first-order valence-electron chi connectivity index (χ1n) is 5.85. The lowest BCUT2D eigenvalue weighted by Crippen LogP contribution is -2.53. The van der Waals surface area contributed by atoms with Crippen LogP contribution < -0.4 is 5.73 Å². The van der Waals surface area contributed by atoms with Crippen LogP contribution in [0.3, 0.4) is 0 Å². The average Bonchev–Trinajstić information content (AvgIpc) is 2.20. The molecule has 3 nitrogen and oxygen atoms in total. The molecule has 0 radical (unpaired) electrons. The van der Waals surface area contributed by atoms with Gasteiger partial charge in [0, 0.05) is 38.3 Å². The lowest BCUT2D eigenvalue weighted by molar-refractivity contribution is 0.0887. The molecule has 2 N–H and O–H groups in total. The van der Waals surface area contributed by atoms with Crippen LogP contribution in [0.5, 0.6) is 0 Å². The largest absolute Gasteiger partial charge is 0.327 e. The topological polar surface area (TPSA) is 32.5 Å². The van der Waals surface area contributed by atoms with Gasteiger partial charge in [0.2, 0.25) is 0 Å². The summed E-state index contributed by atoms with van der Waals surface area (Å²) in [5, 5.41) is 0. The molecule has 0 saturated carbocycles. The summed E-state index contributed by atoms with van der Waals surface area (Å²) in [7, 11) is 2.23. The highest BCUT2D eigenvalue weighted by Gasteiger charge is 2.23. The highest BCUT2D eigenvalue weighted by molar-refractivity contribution is 4.80. The van der Waals surface area contributed by atoms with Crippen molar-refractivity contribution in [1.82, 2.24) is 9.80 Å². The summed E-state index contributed by atoms with van der Waals surface area (Å²) in [5.74, 6) is 0. The molecule has 1 aliphatic rings. The molecular weight excluding hydrogens is 174 g/mol. The Balaban J connectivity index is 2.34. The van der Waals surface area contributed by atoms with Crippen LogP contribution in [0.15, 0.2) is 0 Å². The predicted molar refractivity (Wildman–Crippen MR) is 61.4 cm³/mol. The van der Waals surface area contributed by atoms with E-state index in [9.17, 15) is 0 Å². The van der Waals surface area contributed by atoms with Crippen LogP contribution in [-0.2, 0) is 0 Å². The molecule has 3 heteroatoms. The van der Waals surface area contributed by atoms with Gasteiger partial charge in [0.05, 0.1) is 0 Å². The molecule has 0 bridgehead atoms. The van der Waals surface area contributed by atoms with Crippen molar-refractivity contribution in [2.24, 2.45) is 5.73 Å². The third-order valence-electron chi connectivity index (χ3n) is 3.35. The summed E-state index contributed by atoms with van der Waals surface area (Å²) >= 11 is 0. The predicted octanol–water partition coefficient (Wildman–Crippen LogP) is 0.750. The fraction of sp³-hybridized carbons (Fsp3) is 1.00. The van der Waals surface area contributed by atoms with Crippen molar-refractivity contribution < 1.29 is 0 Å². The van der Waals surface area contributed by atoms with Crippen molar-refractivity contribution in [2.75, 3.05) is 33.2 Å². The minimum atomic E-state index is 0.357. The van der Waals surface area contributed by atoms with Crippen molar-refractivity contribution in [3.8, 4) is 0 Å². The first-order chi connectivity index (χ1) is 6.67. The Labute approximate surface area is 88.2 Å². The number of nitrogens with zero attached hydrogens (tertiary/aromatic N) is 2. The molecule has 1 heterocycles. The van der Waals surface area contributed by atoms with Crippen molar-refractivity contribution in [2.45, 2.75) is 38.8 Å². The van der Waals surface area contributed by atoms with Crippen LogP contribution in [-0.4, -0.2) is 55.1 Å². The minimum Gasteiger partial charge on any atom is -0.327 e. The zero-order valence-corrected chi connectivity index (χ0v) is 9.87. The number of nitrogens with two attached hydrogens (primary N) is 1. The Morgan fingerprint density at radius 1 is 1.36 bits per heavy atom. The second kappa shape index (κ2) is 5.69. The van der Waals surface area contributed by atoms with Crippen molar-refractivity contribution in [3.05, 3.63) is 0 Å². The van der Waals surface area contributed by atoms with Gasteiger partial charge in [-0.25, -0.2) is 0 Å². The van der Waals surface area contributed by atoms with E-state index in [1.807, 2.05) is 0 Å². The molecule has 0 aromatic carbocycles. The van der Waals surface area contributed by atoms with E-state index in [2.05, 4.69) is 30.7 Å². The van der Waals surface area contributed by atoms with Gasteiger partial charge < -0.3 is 10.6 Å². The van der Waals surface area contributed by atoms with Gasteiger partial charge in [0.15, 0.2) is 0 Å². The standard InChI is InChI=1S/C11H25N3/c1-4-10(12)8-14-7-6-13(3)11(5-2)9-14/h10-11H,4-9,12H2,1-3H3. The van der Waals surface area contributed by atoms with Gasteiger partial charge in [-0.2, -0.15) is 0 Å². The lowest BCUT2D eigenvalue weighted by Gasteiger charge is -2.39. The number of hydrogen-bond acceptors (Lipinski definition) is 3. The SMILES string of the molecule is CCC(N)CN1CCN(C)C(CC)C1. The number of piperazine rings is 1. The zero-order valence-electron chi connectivity index (χ0n) is 9.87. The highest BCUT2D eigenvalue weighted by Crippen LogP contribution is 2.10. The summed E-state index contributed by atoms with van der Waals surface area (Å²) in [6.45, 7) is 9.07. The molecule has 1 fully saturated rings. The highest BCUT2D eigenvalue weighted by atomic mass is 15.3. The molecule has 1 aliphatic heterocycles. The van der Waals surface area contributed by atoms with E-state index in [1.54, 1.807) is 0 Å². The van der Waals surface area contributed by atoms with Gasteiger partial charge in [-0.05, 0) is 19.9 Å². The van der Waals surface area contributed by atoms with Crippen LogP contribution >= 0.6 is 0 Å². The molecule has 0 aromatic heterocycles. The fourth-order valence-electron chi connectivity index (χ4n) is 2.08. The van der Waals surface area contributed by atoms with Crippen LogP contribution in [0.4, 0.5) is 0 Å². The molecule has 2 unspecified atom stereocenters. The van der Waals surface area contributed by atoms with E-state index in [1.165, 1.54) is 26.1 Å². The normalized spacial score (nSPS) is 27.9. The Bertz CT molecular complexity index is 161. The Morgan fingerprint density at radius 2 is 2.07 bits per heavy atom. The maximum absolute atomic E-state index is 5.97. The third kappa shape index (κ3) is 3.23. The first-order valence-corrected chi connectivity index (χ1v) is 5.85. The van der Waals surface area contributed by atoms with E-state index < -0.39 is 0 Å². The fourth-order valence-corrected chi connectivity index (χ4v) is 2.08. The molecule has 14 heavy (non-hydrogen) atoms. The molecule has 0 aliphatic carbocycles. The first kappa shape index (κ1) is 12.0. The Kier molecular flexibility index (Phi) is 4.85. The van der Waals surface area contributed by atoms with E-state index >= 15 is 0 Å². The summed E-state index contributed by atoms with van der Waals surface area (Å²) < 4.78 is 0. The molecular formula is C11H25N3. The van der Waals surface area contributed by atoms with Gasteiger partial charge in [0.25, 0.3) is 0 Å². The van der Waals surface area contributed by atoms with Crippen LogP contribution in [0, 0.1) is 0 Å². The van der Waals surface area contributed by atoms with Gasteiger partial charge in [-0.3, -0.25) is 4.90 Å². The third-order valence-corrected chi connectivity index (χ3v) is 3.35. The van der Waals surface area contributed by atoms with Crippen molar-refractivity contribution in [3.63, 3.8) is 0 Å². The second-order valence-corrected chi connectivity index (χ2v) is 4.47. The van der Waals surface area contributed by atoms with Crippen LogP contribution in [0.25, 0.3) is 0 Å². The molecule has 0 aromatic rings. The molecule has 0 amide bonds. The van der Waals surface area contributed by atoms with Gasteiger partial charge in [-0.1, -0.05) is 13.8 Å². The van der Waals surface area contributed by atoms with Gasteiger partial charge in [0.1, 0.15) is 0 Å². The van der Waals surface area contributed by atoms with E-state index in [0.717, 1.165) is 19.0 Å². The second-order valence-electron chi connectivity index (χ2n) is 4.47. The van der Waals surface area contributed by atoms with Crippen molar-refractivity contribution in [1.29, 1.82) is 0 Å². The van der Waals surface area contributed by atoms with Crippen molar-refractivity contribution >= 4 is 0 Å². The van der Waals surface area contributed by atoms with E-state index in [-0.39, 0.29) is 0 Å². The number of hydrogen-bond donors (Lipinski definition) is 1. The molecule has 1 saturated heterocycles. The molecule has 2 atom stereocenters. The van der Waals surface area contributed by atoms with Gasteiger partial charge >= 0.3 is 0 Å². The monoisotopic (exact) mass is 199 g/mol. The van der Waals surface area contributed by atoms with Gasteiger partial charge in [-0.15, -0.1) is 0 Å². The minimum absolute atomic E-state index is 0.357. The summed E-state index contributed by atoms with van der Waals surface area (Å²) in [6, 6.07) is 1.09. The smallest absolute Gasteiger partial charge is 0.0218 e. The maximum Gasteiger partial charge on any atom is 0.0218 e. The van der Waals surface area contributed by atoms with Crippen LogP contribution in [0.1, 0.15) is 26.7 Å². The van der Waals surface area contributed by atoms with E-state index in [4.69, 9.17) is 5.73 Å². The summed E-state index contributed by atoms with van der Waals surface area (Å²) in [5.41, 5.74) is 5.97. The zero-order chi connectivity index (χ0) is 10.6. The Hall–Kier alpha value is -0.120. The average molecular weight is 199 g/mol. The van der Waals surface area contributed by atoms with E-state index in [0.29, 0.717) is 6.04 Å². The summed E-state index contributed by atoms with van der Waals surface area (Å²) in [6.07, 6.45) is 2.33. The quantitative estimate of drug-likeness (QED) is 0.725. The number of likely N-dealkylation sites (N-methyl/N-ethyl adjacent to an activating group) is 1. The maximum atomic E-state index is 5.97. The summed E-state index contributed by atoms with van der Waals surface area (Å²) in [4.78, 5) is 4.98. The van der Waals surface area contributed by atoms with Crippen LogP contribution in [0.2, 0.25) is 0 Å².